The first-order valence-corrected chi connectivity index (χ1v) is 6.38. The fourth-order valence-electron chi connectivity index (χ4n) is 1.82. The molecule has 15 heavy (non-hydrogen) atoms. The molecule has 1 aliphatic heterocycles. The molecule has 1 atom stereocenters. The maximum atomic E-state index is 11.6. The minimum absolute atomic E-state index is 0.0708. The zero-order chi connectivity index (χ0) is 11.5. The fourth-order valence-corrected chi connectivity index (χ4v) is 1.96. The van der Waals surface area contributed by atoms with Crippen molar-refractivity contribution in [1.29, 1.82) is 0 Å². The predicted octanol–water partition coefficient (Wildman–Crippen LogP) is 1.76. The Labute approximate surface area is 101 Å². The standard InChI is InChI=1S/C11H21BrN2O/c1-11(2,12)10(15)13-8-9-6-4-5-7-14(9)3/h9H,4-8H2,1-3H3,(H,13,15). The normalized spacial score (nSPS) is 23.9. The summed E-state index contributed by atoms with van der Waals surface area (Å²) < 4.78 is -0.458. The van der Waals surface area contributed by atoms with Crippen molar-refractivity contribution in [3.05, 3.63) is 0 Å². The van der Waals surface area contributed by atoms with Gasteiger partial charge >= 0.3 is 0 Å². The molecule has 0 aromatic heterocycles. The lowest BCUT2D eigenvalue weighted by molar-refractivity contribution is -0.122. The largest absolute Gasteiger partial charge is 0.353 e. The topological polar surface area (TPSA) is 32.3 Å². The zero-order valence-electron chi connectivity index (χ0n) is 9.85. The highest BCUT2D eigenvalue weighted by atomic mass is 79.9. The Hall–Kier alpha value is -0.0900. The van der Waals surface area contributed by atoms with Crippen LogP contribution in [-0.4, -0.2) is 41.3 Å². The van der Waals surface area contributed by atoms with E-state index in [0.29, 0.717) is 6.04 Å². The smallest absolute Gasteiger partial charge is 0.236 e. The van der Waals surface area contributed by atoms with E-state index < -0.39 is 4.32 Å². The number of rotatable bonds is 3. The SMILES string of the molecule is CN1CCCCC1CNC(=O)C(C)(C)Br. The van der Waals surface area contributed by atoms with E-state index in [1.165, 1.54) is 19.3 Å². The molecule has 0 aromatic rings. The molecule has 3 nitrogen and oxygen atoms in total. The number of nitrogens with one attached hydrogen (secondary N) is 1. The first kappa shape index (κ1) is 13.0. The summed E-state index contributed by atoms with van der Waals surface area (Å²) in [6.07, 6.45) is 3.76. The maximum absolute atomic E-state index is 11.6. The number of nitrogens with zero attached hydrogens (tertiary/aromatic N) is 1. The van der Waals surface area contributed by atoms with Crippen LogP contribution in [0.5, 0.6) is 0 Å². The summed E-state index contributed by atoms with van der Waals surface area (Å²) in [5, 5.41) is 3.00. The Balaban J connectivity index is 2.33. The van der Waals surface area contributed by atoms with Crippen molar-refractivity contribution in [3.8, 4) is 0 Å². The van der Waals surface area contributed by atoms with Gasteiger partial charge in [-0.25, -0.2) is 0 Å². The molecule has 0 aliphatic carbocycles. The first-order valence-electron chi connectivity index (χ1n) is 5.58. The summed E-state index contributed by atoms with van der Waals surface area (Å²) in [7, 11) is 2.13. The van der Waals surface area contributed by atoms with Crippen LogP contribution in [0.3, 0.4) is 0 Å². The lowest BCUT2D eigenvalue weighted by atomic mass is 10.0. The Morgan fingerprint density at radius 2 is 2.20 bits per heavy atom. The molecule has 0 saturated carbocycles. The van der Waals surface area contributed by atoms with E-state index in [2.05, 4.69) is 33.2 Å². The van der Waals surface area contributed by atoms with E-state index in [0.717, 1.165) is 13.1 Å². The molecular weight excluding hydrogens is 256 g/mol. The van der Waals surface area contributed by atoms with Crippen molar-refractivity contribution >= 4 is 21.8 Å². The molecule has 1 rings (SSSR count). The van der Waals surface area contributed by atoms with Crippen molar-refractivity contribution in [2.45, 2.75) is 43.5 Å². The van der Waals surface area contributed by atoms with Gasteiger partial charge in [-0.1, -0.05) is 22.4 Å². The molecule has 0 spiro atoms. The molecule has 1 N–H and O–H groups in total. The average Bonchev–Trinajstić information content (AvgIpc) is 2.14. The molecule has 1 fully saturated rings. The number of likely N-dealkylation sites (tertiary alicyclic amines) is 1. The second kappa shape index (κ2) is 5.30. The van der Waals surface area contributed by atoms with Crippen molar-refractivity contribution in [2.75, 3.05) is 20.1 Å². The summed E-state index contributed by atoms with van der Waals surface area (Å²) in [5.74, 6) is 0.0708. The number of piperidine rings is 1. The van der Waals surface area contributed by atoms with Crippen LogP contribution >= 0.6 is 15.9 Å². The first-order chi connectivity index (χ1) is 6.91. The monoisotopic (exact) mass is 276 g/mol. The fraction of sp³-hybridized carbons (Fsp3) is 0.909. The molecule has 1 heterocycles. The number of halogens is 1. The quantitative estimate of drug-likeness (QED) is 0.797. The van der Waals surface area contributed by atoms with E-state index in [4.69, 9.17) is 0 Å². The van der Waals surface area contributed by atoms with E-state index >= 15 is 0 Å². The summed E-state index contributed by atoms with van der Waals surface area (Å²) in [5.41, 5.74) is 0. The third-order valence-electron chi connectivity index (χ3n) is 2.96. The van der Waals surface area contributed by atoms with Gasteiger partial charge in [-0.2, -0.15) is 0 Å². The molecule has 1 amide bonds. The van der Waals surface area contributed by atoms with Gasteiger partial charge in [-0.05, 0) is 40.3 Å². The lowest BCUT2D eigenvalue weighted by Crippen LogP contribution is -2.47. The summed E-state index contributed by atoms with van der Waals surface area (Å²) >= 11 is 3.36. The van der Waals surface area contributed by atoms with Gasteiger partial charge in [-0.15, -0.1) is 0 Å². The molecule has 0 radical (unpaired) electrons. The molecule has 0 aromatic carbocycles. The summed E-state index contributed by atoms with van der Waals surface area (Å²) in [6.45, 7) is 5.66. The Kier molecular flexibility index (Phi) is 4.59. The van der Waals surface area contributed by atoms with Crippen molar-refractivity contribution < 1.29 is 4.79 Å². The highest BCUT2D eigenvalue weighted by molar-refractivity contribution is 9.10. The van der Waals surface area contributed by atoms with E-state index in [1.54, 1.807) is 0 Å². The third-order valence-corrected chi connectivity index (χ3v) is 3.32. The number of amides is 1. The molecule has 88 valence electrons. The number of likely N-dealkylation sites (N-methyl/N-ethyl adjacent to an activating group) is 1. The Morgan fingerprint density at radius 3 is 2.73 bits per heavy atom. The van der Waals surface area contributed by atoms with Gasteiger partial charge in [0.1, 0.15) is 0 Å². The average molecular weight is 277 g/mol. The van der Waals surface area contributed by atoms with Crippen molar-refractivity contribution in [2.24, 2.45) is 0 Å². The molecule has 1 unspecified atom stereocenters. The number of carbonyl (C=O) groups excluding carboxylic acids is 1. The van der Waals surface area contributed by atoms with Gasteiger partial charge in [0, 0.05) is 12.6 Å². The molecule has 0 bridgehead atoms. The van der Waals surface area contributed by atoms with Gasteiger partial charge in [0.05, 0.1) is 4.32 Å². The van der Waals surface area contributed by atoms with Crippen LogP contribution < -0.4 is 5.32 Å². The van der Waals surface area contributed by atoms with E-state index in [1.807, 2.05) is 13.8 Å². The highest BCUT2D eigenvalue weighted by Gasteiger charge is 2.25. The van der Waals surface area contributed by atoms with Crippen LogP contribution in [0.2, 0.25) is 0 Å². The van der Waals surface area contributed by atoms with E-state index in [-0.39, 0.29) is 5.91 Å². The second-order valence-corrected chi connectivity index (χ2v) is 6.80. The minimum atomic E-state index is -0.458. The molecule has 1 saturated heterocycles. The lowest BCUT2D eigenvalue weighted by Gasteiger charge is -2.33. The van der Waals surface area contributed by atoms with Gasteiger partial charge in [0.25, 0.3) is 0 Å². The molecular formula is C11H21BrN2O. The third kappa shape index (κ3) is 4.11. The maximum Gasteiger partial charge on any atom is 0.236 e. The zero-order valence-corrected chi connectivity index (χ0v) is 11.4. The van der Waals surface area contributed by atoms with Gasteiger partial charge < -0.3 is 10.2 Å². The molecule has 1 aliphatic rings. The van der Waals surface area contributed by atoms with Crippen LogP contribution in [0.25, 0.3) is 0 Å². The van der Waals surface area contributed by atoms with Crippen molar-refractivity contribution in [1.82, 2.24) is 10.2 Å². The molecule has 4 heteroatoms. The second-order valence-electron chi connectivity index (χ2n) is 4.81. The number of hydrogen-bond donors (Lipinski definition) is 1. The summed E-state index contributed by atoms with van der Waals surface area (Å²) in [6, 6.07) is 0.512. The van der Waals surface area contributed by atoms with E-state index in [9.17, 15) is 4.79 Å². The predicted molar refractivity (Wildman–Crippen MR) is 66.3 cm³/mol. The van der Waals surface area contributed by atoms with Crippen LogP contribution in [0.15, 0.2) is 0 Å². The number of carbonyl (C=O) groups is 1. The van der Waals surface area contributed by atoms with Crippen LogP contribution in [0.4, 0.5) is 0 Å². The van der Waals surface area contributed by atoms with Crippen LogP contribution in [-0.2, 0) is 4.79 Å². The van der Waals surface area contributed by atoms with Gasteiger partial charge in [-0.3, -0.25) is 4.79 Å². The minimum Gasteiger partial charge on any atom is -0.353 e. The summed E-state index contributed by atoms with van der Waals surface area (Å²) in [4.78, 5) is 14.0. The Bertz CT molecular complexity index is 225. The van der Waals surface area contributed by atoms with Crippen LogP contribution in [0, 0.1) is 0 Å². The van der Waals surface area contributed by atoms with Crippen LogP contribution in [0.1, 0.15) is 33.1 Å². The number of alkyl halides is 1. The van der Waals surface area contributed by atoms with Crippen molar-refractivity contribution in [3.63, 3.8) is 0 Å². The Morgan fingerprint density at radius 1 is 1.53 bits per heavy atom. The van der Waals surface area contributed by atoms with Gasteiger partial charge in [0.2, 0.25) is 5.91 Å². The number of hydrogen-bond acceptors (Lipinski definition) is 2. The highest BCUT2D eigenvalue weighted by Crippen LogP contribution is 2.17. The van der Waals surface area contributed by atoms with Gasteiger partial charge in [0.15, 0.2) is 0 Å².